The first-order valence-corrected chi connectivity index (χ1v) is 4.11. The zero-order valence-electron chi connectivity index (χ0n) is 6.79. The molecular formula is C6H10BNO2S. The number of hydrogen-bond donors (Lipinski definition) is 1. The van der Waals surface area contributed by atoms with Gasteiger partial charge >= 0.3 is 7.12 Å². The predicted octanol–water partition coefficient (Wildman–Crippen LogP) is 0.0938. The fourth-order valence-electron chi connectivity index (χ4n) is 0.883. The average Bonchev–Trinajstić information content (AvgIpc) is 2.28. The molecule has 0 aliphatic rings. The Hall–Kier alpha value is -0.385. The Balaban J connectivity index is 2.93. The van der Waals surface area contributed by atoms with Crippen LogP contribution in [0.2, 0.25) is 0 Å². The molecule has 1 aromatic heterocycles. The molecular weight excluding hydrogens is 161 g/mol. The van der Waals surface area contributed by atoms with Gasteiger partial charge in [0.2, 0.25) is 0 Å². The maximum Gasteiger partial charge on any atom is 0.503 e. The van der Waals surface area contributed by atoms with Gasteiger partial charge in [0.25, 0.3) is 0 Å². The number of aryl methyl sites for hydroxylation is 2. The zero-order chi connectivity index (χ0) is 8.43. The van der Waals surface area contributed by atoms with Crippen LogP contribution in [0.25, 0.3) is 0 Å². The Bertz CT molecular complexity index is 251. The third kappa shape index (κ3) is 1.80. The van der Waals surface area contributed by atoms with E-state index in [2.05, 4.69) is 4.98 Å². The maximum atomic E-state index is 9.27. The molecule has 0 aliphatic heterocycles. The summed E-state index contributed by atoms with van der Waals surface area (Å²) >= 11 is 1.46. The number of thiazole rings is 1. The van der Waals surface area contributed by atoms with Gasteiger partial charge in [0.1, 0.15) is 0 Å². The van der Waals surface area contributed by atoms with Crippen LogP contribution >= 0.6 is 11.3 Å². The van der Waals surface area contributed by atoms with Crippen molar-refractivity contribution in [2.75, 3.05) is 7.11 Å². The molecule has 60 valence electrons. The van der Waals surface area contributed by atoms with Gasteiger partial charge in [-0.25, -0.2) is 4.98 Å². The number of hydrogen-bond acceptors (Lipinski definition) is 4. The maximum absolute atomic E-state index is 9.27. The molecule has 0 unspecified atom stereocenters. The Morgan fingerprint density at radius 3 is 2.55 bits per heavy atom. The molecule has 5 heteroatoms. The van der Waals surface area contributed by atoms with Crippen LogP contribution in [0.1, 0.15) is 10.7 Å². The van der Waals surface area contributed by atoms with E-state index in [-0.39, 0.29) is 0 Å². The van der Waals surface area contributed by atoms with Gasteiger partial charge in [-0.05, 0) is 13.8 Å². The Labute approximate surface area is 70.2 Å². The van der Waals surface area contributed by atoms with E-state index in [0.29, 0.717) is 0 Å². The molecule has 0 amide bonds. The fraction of sp³-hybridized carbons (Fsp3) is 0.500. The summed E-state index contributed by atoms with van der Waals surface area (Å²) < 4.78 is 5.55. The van der Waals surface area contributed by atoms with Gasteiger partial charge in [0.05, 0.1) is 9.78 Å². The first kappa shape index (κ1) is 8.71. The third-order valence-corrected chi connectivity index (χ3v) is 2.49. The van der Waals surface area contributed by atoms with Crippen molar-refractivity contribution in [1.82, 2.24) is 4.98 Å². The van der Waals surface area contributed by atoms with Gasteiger partial charge in [0, 0.05) is 12.8 Å². The topological polar surface area (TPSA) is 42.4 Å². The second-order valence-corrected chi connectivity index (χ2v) is 3.51. The molecule has 11 heavy (non-hydrogen) atoms. The van der Waals surface area contributed by atoms with Crippen LogP contribution in [-0.4, -0.2) is 24.2 Å². The summed E-state index contributed by atoms with van der Waals surface area (Å²) in [7, 11) is 0.653. The van der Waals surface area contributed by atoms with Crippen LogP contribution in [0, 0.1) is 13.8 Å². The zero-order valence-corrected chi connectivity index (χ0v) is 7.60. The molecule has 0 fully saturated rings. The monoisotopic (exact) mass is 171 g/mol. The minimum absolute atomic E-state index is 0.796. The van der Waals surface area contributed by atoms with Gasteiger partial charge in [0.15, 0.2) is 0 Å². The summed E-state index contributed by atoms with van der Waals surface area (Å²) in [5, 5.41) is 10.2. The van der Waals surface area contributed by atoms with Gasteiger partial charge in [-0.2, -0.15) is 0 Å². The number of nitrogens with zero attached hydrogens (tertiary/aromatic N) is 1. The van der Waals surface area contributed by atoms with Crippen LogP contribution in [0.5, 0.6) is 0 Å². The molecule has 1 aromatic rings. The van der Waals surface area contributed by atoms with Crippen molar-refractivity contribution in [2.24, 2.45) is 0 Å². The second-order valence-electron chi connectivity index (χ2n) is 2.27. The second kappa shape index (κ2) is 3.34. The van der Waals surface area contributed by atoms with Gasteiger partial charge in [-0.3, -0.25) is 0 Å². The Kier molecular flexibility index (Phi) is 2.65. The van der Waals surface area contributed by atoms with Crippen LogP contribution in [0.4, 0.5) is 0 Å². The molecule has 1 heterocycles. The fourth-order valence-corrected chi connectivity index (χ4v) is 1.77. The van der Waals surface area contributed by atoms with Crippen molar-refractivity contribution in [2.45, 2.75) is 13.8 Å². The largest absolute Gasteiger partial charge is 0.503 e. The predicted molar refractivity (Wildman–Crippen MR) is 46.2 cm³/mol. The van der Waals surface area contributed by atoms with E-state index in [1.165, 1.54) is 18.4 Å². The van der Waals surface area contributed by atoms with E-state index in [1.54, 1.807) is 0 Å². The van der Waals surface area contributed by atoms with Gasteiger partial charge in [-0.15, -0.1) is 11.3 Å². The summed E-state index contributed by atoms with van der Waals surface area (Å²) in [5.41, 5.74) is 0.849. The molecule has 0 spiro atoms. The molecule has 0 saturated carbocycles. The van der Waals surface area contributed by atoms with Gasteiger partial charge in [-0.1, -0.05) is 0 Å². The standard InChI is InChI=1S/C6H10BNO2S/c1-4-6(7(9)10-3)11-5(2)8-4/h9H,1-3H3. The molecule has 0 aromatic carbocycles. The quantitative estimate of drug-likeness (QED) is 0.641. The highest BCUT2D eigenvalue weighted by Gasteiger charge is 2.20. The SMILES string of the molecule is COB(O)c1sc(C)nc1C. The van der Waals surface area contributed by atoms with Crippen molar-refractivity contribution < 1.29 is 9.68 Å². The molecule has 3 nitrogen and oxygen atoms in total. The van der Waals surface area contributed by atoms with Crippen LogP contribution in [0.3, 0.4) is 0 Å². The first-order chi connectivity index (χ1) is 5.15. The van der Waals surface area contributed by atoms with Gasteiger partial charge < -0.3 is 9.68 Å². The van der Waals surface area contributed by atoms with E-state index in [1.807, 2.05) is 13.8 Å². The van der Waals surface area contributed by atoms with Crippen LogP contribution < -0.4 is 4.78 Å². The van der Waals surface area contributed by atoms with Crippen molar-refractivity contribution >= 4 is 23.2 Å². The minimum Gasteiger partial charge on any atom is -0.423 e. The van der Waals surface area contributed by atoms with E-state index in [0.717, 1.165) is 15.5 Å². The molecule has 0 aliphatic carbocycles. The normalized spacial score (nSPS) is 10.2. The lowest BCUT2D eigenvalue weighted by atomic mass is 9.87. The highest BCUT2D eigenvalue weighted by molar-refractivity contribution is 7.22. The lowest BCUT2D eigenvalue weighted by Crippen LogP contribution is -2.31. The molecule has 0 radical (unpaired) electrons. The Morgan fingerprint density at radius 1 is 1.55 bits per heavy atom. The highest BCUT2D eigenvalue weighted by Crippen LogP contribution is 2.05. The minimum atomic E-state index is -0.818. The van der Waals surface area contributed by atoms with E-state index >= 15 is 0 Å². The molecule has 0 saturated heterocycles. The highest BCUT2D eigenvalue weighted by atomic mass is 32.1. The number of aromatic nitrogens is 1. The number of rotatable bonds is 2. The van der Waals surface area contributed by atoms with E-state index < -0.39 is 7.12 Å². The summed E-state index contributed by atoms with van der Waals surface area (Å²) in [6, 6.07) is 0. The molecule has 0 atom stereocenters. The summed E-state index contributed by atoms with van der Waals surface area (Å²) in [6.07, 6.45) is 0. The van der Waals surface area contributed by atoms with Crippen molar-refractivity contribution in [1.29, 1.82) is 0 Å². The summed E-state index contributed by atoms with van der Waals surface area (Å²) in [4.78, 5) is 4.16. The van der Waals surface area contributed by atoms with E-state index in [4.69, 9.17) is 4.65 Å². The van der Waals surface area contributed by atoms with Crippen LogP contribution in [0.15, 0.2) is 0 Å². The lowest BCUT2D eigenvalue weighted by Gasteiger charge is -1.98. The first-order valence-electron chi connectivity index (χ1n) is 3.30. The summed E-state index contributed by atoms with van der Waals surface area (Å²) in [5.74, 6) is 0. The lowest BCUT2D eigenvalue weighted by molar-refractivity contribution is 0.342. The van der Waals surface area contributed by atoms with Crippen molar-refractivity contribution in [3.05, 3.63) is 10.7 Å². The molecule has 1 rings (SSSR count). The summed E-state index contributed by atoms with van der Waals surface area (Å²) in [6.45, 7) is 3.77. The average molecular weight is 171 g/mol. The smallest absolute Gasteiger partial charge is 0.423 e. The van der Waals surface area contributed by atoms with Crippen molar-refractivity contribution in [3.8, 4) is 0 Å². The molecule has 0 bridgehead atoms. The van der Waals surface area contributed by atoms with E-state index in [9.17, 15) is 5.02 Å². The third-order valence-electron chi connectivity index (χ3n) is 1.39. The van der Waals surface area contributed by atoms with Crippen LogP contribution in [-0.2, 0) is 4.65 Å². The molecule has 1 N–H and O–H groups in total. The Morgan fingerprint density at radius 2 is 2.18 bits per heavy atom. The van der Waals surface area contributed by atoms with Crippen molar-refractivity contribution in [3.63, 3.8) is 0 Å².